The summed E-state index contributed by atoms with van der Waals surface area (Å²) in [6.07, 6.45) is 0.0828. The summed E-state index contributed by atoms with van der Waals surface area (Å²) in [6, 6.07) is 12.2. The third kappa shape index (κ3) is 6.63. The Kier molecular flexibility index (Phi) is 8.29. The van der Waals surface area contributed by atoms with Crippen molar-refractivity contribution in [3.8, 4) is 0 Å². The Morgan fingerprint density at radius 2 is 1.65 bits per heavy atom. The van der Waals surface area contributed by atoms with Crippen LogP contribution in [0.1, 0.15) is 22.8 Å². The van der Waals surface area contributed by atoms with E-state index in [9.17, 15) is 27.9 Å². The van der Waals surface area contributed by atoms with Crippen LogP contribution in [-0.2, 0) is 30.6 Å². The summed E-state index contributed by atoms with van der Waals surface area (Å²) in [7, 11) is -2.83. The van der Waals surface area contributed by atoms with Crippen LogP contribution in [-0.4, -0.2) is 56.4 Å². The summed E-state index contributed by atoms with van der Waals surface area (Å²) in [4.78, 5) is 35.5. The number of nitrogens with one attached hydrogen (secondary N) is 2. The molecule has 0 aliphatic rings. The number of amides is 1. The summed E-state index contributed by atoms with van der Waals surface area (Å²) >= 11 is 0. The Labute approximate surface area is 180 Å². The molecule has 0 fully saturated rings. The highest BCUT2D eigenvalue weighted by molar-refractivity contribution is 7.91. The number of carbonyl (C=O) groups excluding carboxylic acids is 2. The van der Waals surface area contributed by atoms with Gasteiger partial charge in [-0.25, -0.2) is 18.0 Å². The Bertz CT molecular complexity index is 1040. The third-order valence-electron chi connectivity index (χ3n) is 4.50. The van der Waals surface area contributed by atoms with Gasteiger partial charge < -0.3 is 15.2 Å². The van der Waals surface area contributed by atoms with Crippen molar-refractivity contribution in [2.45, 2.75) is 30.3 Å². The fraction of sp³-hybridized carbons (Fsp3) is 0.286. The zero-order valence-corrected chi connectivity index (χ0v) is 17.9. The molecular formula is C21H24N2O7S. The van der Waals surface area contributed by atoms with Crippen molar-refractivity contribution in [2.75, 3.05) is 13.0 Å². The van der Waals surface area contributed by atoms with Gasteiger partial charge in [0.25, 0.3) is 0 Å². The van der Waals surface area contributed by atoms with Crippen molar-refractivity contribution in [2.24, 2.45) is 0 Å². The smallest absolute Gasteiger partial charge is 0.339 e. The number of aliphatic carboxylic acids is 1. The molecule has 31 heavy (non-hydrogen) atoms. The molecule has 0 saturated carbocycles. The summed E-state index contributed by atoms with van der Waals surface area (Å²) in [6.45, 7) is 1.42. The molecule has 0 unspecified atom stereocenters. The van der Waals surface area contributed by atoms with E-state index in [0.717, 1.165) is 12.7 Å². The standard InChI is InChI=1S/C21H24N2O7S/c1-14(19(24)23-17(20(25)26)12-15-8-4-3-5-9-15)22-13-31(28,29)18-11-7-6-10-16(18)21(27)30-2/h3-11,14,17,22H,12-13H2,1-2H3,(H,23,24)(H,25,26)/t14-,17-/m0/s1. The van der Waals surface area contributed by atoms with Gasteiger partial charge in [-0.05, 0) is 24.6 Å². The lowest BCUT2D eigenvalue weighted by Gasteiger charge is -2.19. The van der Waals surface area contributed by atoms with Gasteiger partial charge in [0.05, 0.1) is 23.6 Å². The maximum Gasteiger partial charge on any atom is 0.339 e. The number of carboxylic acids is 1. The van der Waals surface area contributed by atoms with Crippen LogP contribution in [0.5, 0.6) is 0 Å². The number of sulfone groups is 1. The molecule has 3 N–H and O–H groups in total. The number of carboxylic acid groups (broad SMARTS) is 1. The van der Waals surface area contributed by atoms with Gasteiger partial charge in [0.2, 0.25) is 5.91 Å². The van der Waals surface area contributed by atoms with E-state index in [-0.39, 0.29) is 16.9 Å². The number of hydrogen-bond donors (Lipinski definition) is 3. The summed E-state index contributed by atoms with van der Waals surface area (Å²) in [5.41, 5.74) is 0.621. The highest BCUT2D eigenvalue weighted by Crippen LogP contribution is 2.17. The summed E-state index contributed by atoms with van der Waals surface area (Å²) < 4.78 is 30.0. The molecule has 0 radical (unpaired) electrons. The molecule has 166 valence electrons. The normalized spacial score (nSPS) is 13.1. The van der Waals surface area contributed by atoms with Crippen molar-refractivity contribution in [3.63, 3.8) is 0 Å². The Balaban J connectivity index is 2.04. The number of hydrogen-bond acceptors (Lipinski definition) is 7. The lowest BCUT2D eigenvalue weighted by molar-refractivity contribution is -0.142. The van der Waals surface area contributed by atoms with Crippen molar-refractivity contribution < 1.29 is 32.6 Å². The number of benzene rings is 2. The molecule has 1 amide bonds. The lowest BCUT2D eigenvalue weighted by atomic mass is 10.1. The average molecular weight is 448 g/mol. The molecule has 0 aliphatic carbocycles. The quantitative estimate of drug-likeness (QED) is 0.458. The van der Waals surface area contributed by atoms with Crippen LogP contribution in [0.3, 0.4) is 0 Å². The van der Waals surface area contributed by atoms with Crippen molar-refractivity contribution >= 4 is 27.7 Å². The molecule has 2 aromatic carbocycles. The predicted octanol–water partition coefficient (Wildman–Crippen LogP) is 0.995. The molecular weight excluding hydrogens is 424 g/mol. The number of esters is 1. The molecule has 0 aliphatic heterocycles. The molecule has 2 rings (SSSR count). The molecule has 0 spiro atoms. The Hall–Kier alpha value is -3.24. The zero-order chi connectivity index (χ0) is 23.0. The second kappa shape index (κ2) is 10.7. The van der Waals surface area contributed by atoms with E-state index >= 15 is 0 Å². The number of rotatable bonds is 10. The van der Waals surface area contributed by atoms with Crippen LogP contribution in [0.2, 0.25) is 0 Å². The monoisotopic (exact) mass is 448 g/mol. The average Bonchev–Trinajstić information content (AvgIpc) is 2.77. The topological polar surface area (TPSA) is 139 Å². The van der Waals surface area contributed by atoms with Crippen LogP contribution in [0, 0.1) is 0 Å². The first-order valence-corrected chi connectivity index (χ1v) is 11.0. The fourth-order valence-electron chi connectivity index (χ4n) is 2.77. The van der Waals surface area contributed by atoms with Gasteiger partial charge in [0.1, 0.15) is 11.9 Å². The first kappa shape index (κ1) is 24.0. The highest BCUT2D eigenvalue weighted by atomic mass is 32.2. The molecule has 10 heteroatoms. The SMILES string of the molecule is COC(=O)c1ccccc1S(=O)(=O)CN[C@@H](C)C(=O)N[C@@H](Cc1ccccc1)C(=O)O. The van der Waals surface area contributed by atoms with E-state index in [1.165, 1.54) is 31.2 Å². The van der Waals surface area contributed by atoms with E-state index < -0.39 is 45.6 Å². The first-order chi connectivity index (χ1) is 14.7. The van der Waals surface area contributed by atoms with Gasteiger partial charge in [0, 0.05) is 6.42 Å². The van der Waals surface area contributed by atoms with Gasteiger partial charge in [0.15, 0.2) is 9.84 Å². The van der Waals surface area contributed by atoms with Crippen LogP contribution < -0.4 is 10.6 Å². The highest BCUT2D eigenvalue weighted by Gasteiger charge is 2.26. The van der Waals surface area contributed by atoms with Gasteiger partial charge in [-0.1, -0.05) is 42.5 Å². The van der Waals surface area contributed by atoms with Gasteiger partial charge >= 0.3 is 11.9 Å². The predicted molar refractivity (Wildman–Crippen MR) is 112 cm³/mol. The van der Waals surface area contributed by atoms with Crippen molar-refractivity contribution in [3.05, 3.63) is 65.7 Å². The van der Waals surface area contributed by atoms with E-state index in [1.54, 1.807) is 30.3 Å². The van der Waals surface area contributed by atoms with Crippen molar-refractivity contribution in [1.82, 2.24) is 10.6 Å². The summed E-state index contributed by atoms with van der Waals surface area (Å²) in [5.74, 6) is -3.30. The molecule has 0 heterocycles. The van der Waals surface area contributed by atoms with E-state index in [2.05, 4.69) is 15.4 Å². The molecule has 9 nitrogen and oxygen atoms in total. The fourth-order valence-corrected chi connectivity index (χ4v) is 4.17. The molecule has 2 atom stereocenters. The summed E-state index contributed by atoms with van der Waals surface area (Å²) in [5, 5.41) is 14.4. The number of ether oxygens (including phenoxy) is 1. The second-order valence-corrected chi connectivity index (χ2v) is 8.72. The third-order valence-corrected chi connectivity index (χ3v) is 6.07. The van der Waals surface area contributed by atoms with E-state index in [4.69, 9.17) is 0 Å². The molecule has 0 bridgehead atoms. The zero-order valence-electron chi connectivity index (χ0n) is 17.1. The molecule has 0 aromatic heterocycles. The number of carbonyl (C=O) groups is 3. The van der Waals surface area contributed by atoms with E-state index in [0.29, 0.717) is 0 Å². The van der Waals surface area contributed by atoms with Crippen LogP contribution in [0.4, 0.5) is 0 Å². The Morgan fingerprint density at radius 3 is 2.26 bits per heavy atom. The minimum Gasteiger partial charge on any atom is -0.480 e. The molecule has 2 aromatic rings. The van der Waals surface area contributed by atoms with E-state index in [1.807, 2.05) is 0 Å². The minimum atomic E-state index is -3.98. The molecule has 0 saturated heterocycles. The largest absolute Gasteiger partial charge is 0.480 e. The maximum atomic E-state index is 12.7. The number of methoxy groups -OCH3 is 1. The van der Waals surface area contributed by atoms with Crippen LogP contribution in [0.25, 0.3) is 0 Å². The van der Waals surface area contributed by atoms with Gasteiger partial charge in [-0.15, -0.1) is 0 Å². The van der Waals surface area contributed by atoms with Gasteiger partial charge in [-0.3, -0.25) is 10.1 Å². The second-order valence-electron chi connectivity index (χ2n) is 6.76. The lowest BCUT2D eigenvalue weighted by Crippen LogP contribution is -2.50. The van der Waals surface area contributed by atoms with Crippen LogP contribution >= 0.6 is 0 Å². The van der Waals surface area contributed by atoms with Gasteiger partial charge in [-0.2, -0.15) is 0 Å². The minimum absolute atomic E-state index is 0.0828. The first-order valence-electron chi connectivity index (χ1n) is 9.36. The van der Waals surface area contributed by atoms with Crippen LogP contribution in [0.15, 0.2) is 59.5 Å². The maximum absolute atomic E-state index is 12.7. The van der Waals surface area contributed by atoms with Crippen molar-refractivity contribution in [1.29, 1.82) is 0 Å². The Morgan fingerprint density at radius 1 is 1.03 bits per heavy atom.